The van der Waals surface area contributed by atoms with E-state index >= 15 is 0 Å². The zero-order chi connectivity index (χ0) is 17.9. The molecule has 1 aromatic heterocycles. The highest BCUT2D eigenvalue weighted by Crippen LogP contribution is 2.19. The van der Waals surface area contributed by atoms with Crippen LogP contribution in [0.25, 0.3) is 0 Å². The van der Waals surface area contributed by atoms with E-state index < -0.39 is 16.0 Å². The van der Waals surface area contributed by atoms with Crippen molar-refractivity contribution in [1.29, 1.82) is 0 Å². The summed E-state index contributed by atoms with van der Waals surface area (Å²) < 4.78 is 27.1. The van der Waals surface area contributed by atoms with E-state index in [4.69, 9.17) is 5.11 Å². The second kappa shape index (κ2) is 6.96. The Kier molecular flexibility index (Phi) is 5.18. The Labute approximate surface area is 140 Å². The number of carboxylic acids is 1. The second-order valence-electron chi connectivity index (χ2n) is 5.87. The van der Waals surface area contributed by atoms with Crippen molar-refractivity contribution in [3.05, 3.63) is 47.5 Å². The third-order valence-corrected chi connectivity index (χ3v) is 4.68. The number of sulfonamides is 1. The van der Waals surface area contributed by atoms with Gasteiger partial charge in [0.2, 0.25) is 0 Å². The van der Waals surface area contributed by atoms with Crippen molar-refractivity contribution in [1.82, 2.24) is 9.97 Å². The van der Waals surface area contributed by atoms with Crippen LogP contribution in [0.3, 0.4) is 0 Å². The van der Waals surface area contributed by atoms with Gasteiger partial charge in [-0.2, -0.15) is 0 Å². The van der Waals surface area contributed by atoms with Crippen LogP contribution in [0.2, 0.25) is 0 Å². The van der Waals surface area contributed by atoms with Gasteiger partial charge in [0.1, 0.15) is 5.82 Å². The van der Waals surface area contributed by atoms with Gasteiger partial charge in [0.15, 0.2) is 0 Å². The van der Waals surface area contributed by atoms with Crippen LogP contribution in [0.1, 0.15) is 35.6 Å². The van der Waals surface area contributed by atoms with Gasteiger partial charge < -0.3 is 5.11 Å². The van der Waals surface area contributed by atoms with Gasteiger partial charge in [-0.05, 0) is 30.5 Å². The number of rotatable bonds is 6. The van der Waals surface area contributed by atoms with Crippen molar-refractivity contribution in [3.8, 4) is 0 Å². The lowest BCUT2D eigenvalue weighted by molar-refractivity contribution is 0.0696. The first-order chi connectivity index (χ1) is 11.2. The minimum atomic E-state index is -3.92. The van der Waals surface area contributed by atoms with E-state index in [9.17, 15) is 13.2 Å². The molecule has 0 aliphatic heterocycles. The van der Waals surface area contributed by atoms with E-state index in [0.29, 0.717) is 23.7 Å². The zero-order valence-electron chi connectivity index (χ0n) is 13.6. The highest BCUT2D eigenvalue weighted by Gasteiger charge is 2.18. The average molecular weight is 349 g/mol. The summed E-state index contributed by atoms with van der Waals surface area (Å²) in [5, 5.41) is 9.11. The van der Waals surface area contributed by atoms with E-state index in [-0.39, 0.29) is 16.1 Å². The largest absolute Gasteiger partial charge is 0.478 e. The van der Waals surface area contributed by atoms with Crippen molar-refractivity contribution in [2.45, 2.75) is 32.1 Å². The fraction of sp³-hybridized carbons (Fsp3) is 0.312. The highest BCUT2D eigenvalue weighted by molar-refractivity contribution is 7.92. The Bertz CT molecular complexity index is 846. The number of aryl methyl sites for hydroxylation is 1. The smallest absolute Gasteiger partial charge is 0.335 e. The molecule has 1 heterocycles. The number of nitrogens with one attached hydrogen (secondary N) is 1. The third kappa shape index (κ3) is 4.29. The Morgan fingerprint density at radius 3 is 2.42 bits per heavy atom. The van der Waals surface area contributed by atoms with Crippen LogP contribution in [-0.4, -0.2) is 29.5 Å². The maximum atomic E-state index is 12.4. The van der Waals surface area contributed by atoms with Crippen LogP contribution in [0.5, 0.6) is 0 Å². The van der Waals surface area contributed by atoms with Crippen LogP contribution >= 0.6 is 0 Å². The van der Waals surface area contributed by atoms with Crippen molar-refractivity contribution in [2.75, 3.05) is 4.72 Å². The lowest BCUT2D eigenvalue weighted by atomic mass is 10.1. The second-order valence-corrected chi connectivity index (χ2v) is 7.56. The molecule has 0 aliphatic carbocycles. The van der Waals surface area contributed by atoms with Gasteiger partial charge in [-0.15, -0.1) is 0 Å². The molecule has 0 amide bonds. The van der Waals surface area contributed by atoms with Crippen LogP contribution in [0, 0.1) is 12.8 Å². The number of hydrogen-bond acceptors (Lipinski definition) is 5. The first-order valence-electron chi connectivity index (χ1n) is 7.36. The summed E-state index contributed by atoms with van der Waals surface area (Å²) in [4.78, 5) is 19.3. The minimum absolute atomic E-state index is 0.0543. The molecule has 2 rings (SSSR count). The molecule has 0 radical (unpaired) electrons. The van der Waals surface area contributed by atoms with Gasteiger partial charge in [-0.3, -0.25) is 4.72 Å². The van der Waals surface area contributed by atoms with Gasteiger partial charge >= 0.3 is 5.97 Å². The number of carbonyl (C=O) groups is 1. The summed E-state index contributed by atoms with van der Waals surface area (Å²) in [5.41, 5.74) is 0.657. The summed E-state index contributed by atoms with van der Waals surface area (Å²) in [6, 6.07) is 3.95. The quantitative estimate of drug-likeness (QED) is 0.829. The predicted octanol–water partition coefficient (Wildman–Crippen LogP) is 2.48. The predicted molar refractivity (Wildman–Crippen MR) is 89.5 cm³/mol. The molecule has 128 valence electrons. The molecule has 8 heteroatoms. The Morgan fingerprint density at radius 1 is 1.25 bits per heavy atom. The number of hydrogen-bond donors (Lipinski definition) is 2. The van der Waals surface area contributed by atoms with E-state index in [1.54, 1.807) is 6.92 Å². The molecular formula is C16H19N3O4S. The van der Waals surface area contributed by atoms with Gasteiger partial charge in [0.05, 0.1) is 28.5 Å². The maximum absolute atomic E-state index is 12.4. The lowest BCUT2D eigenvalue weighted by Crippen LogP contribution is -2.15. The molecule has 0 saturated heterocycles. The summed E-state index contributed by atoms with van der Waals surface area (Å²) in [7, 11) is -3.92. The van der Waals surface area contributed by atoms with Gasteiger partial charge in [-0.25, -0.2) is 23.2 Å². The van der Waals surface area contributed by atoms with E-state index in [2.05, 4.69) is 14.7 Å². The van der Waals surface area contributed by atoms with Crippen molar-refractivity contribution >= 4 is 21.7 Å². The molecule has 24 heavy (non-hydrogen) atoms. The number of aromatic nitrogens is 2. The number of nitrogens with zero attached hydrogens (tertiary/aromatic N) is 2. The SMILES string of the molecule is Cc1ccc(S(=O)(=O)Nc2cnc(CC(C)C)nc2)cc1C(=O)O. The average Bonchev–Trinajstić information content (AvgIpc) is 2.48. The molecular weight excluding hydrogens is 330 g/mol. The minimum Gasteiger partial charge on any atom is -0.478 e. The van der Waals surface area contributed by atoms with Crippen molar-refractivity contribution in [3.63, 3.8) is 0 Å². The Morgan fingerprint density at radius 2 is 1.88 bits per heavy atom. The molecule has 0 aliphatic rings. The third-order valence-electron chi connectivity index (χ3n) is 3.30. The van der Waals surface area contributed by atoms with E-state index in [1.807, 2.05) is 13.8 Å². The lowest BCUT2D eigenvalue weighted by Gasteiger charge is -2.10. The first-order valence-corrected chi connectivity index (χ1v) is 8.85. The Hall–Kier alpha value is -2.48. The standard InChI is InChI=1S/C16H19N3O4S/c1-10(2)6-15-17-8-12(9-18-15)19-24(22,23)13-5-4-11(3)14(7-13)16(20)21/h4-5,7-10,19H,6H2,1-3H3,(H,20,21). The van der Waals surface area contributed by atoms with E-state index in [1.165, 1.54) is 24.5 Å². The molecule has 1 aromatic carbocycles. The van der Waals surface area contributed by atoms with E-state index in [0.717, 1.165) is 6.07 Å². The van der Waals surface area contributed by atoms with Crippen LogP contribution in [-0.2, 0) is 16.4 Å². The van der Waals surface area contributed by atoms with Gasteiger partial charge in [-0.1, -0.05) is 19.9 Å². The van der Waals surface area contributed by atoms with Crippen molar-refractivity contribution < 1.29 is 18.3 Å². The molecule has 0 fully saturated rings. The molecule has 7 nitrogen and oxygen atoms in total. The molecule has 0 bridgehead atoms. The molecule has 0 unspecified atom stereocenters. The summed E-state index contributed by atoms with van der Waals surface area (Å²) in [6.45, 7) is 5.68. The van der Waals surface area contributed by atoms with Crippen LogP contribution in [0.15, 0.2) is 35.5 Å². The fourth-order valence-electron chi connectivity index (χ4n) is 2.09. The summed E-state index contributed by atoms with van der Waals surface area (Å²) in [5.74, 6) is -0.142. The molecule has 0 saturated carbocycles. The van der Waals surface area contributed by atoms with Crippen molar-refractivity contribution in [2.24, 2.45) is 5.92 Å². The fourth-order valence-corrected chi connectivity index (χ4v) is 3.14. The topological polar surface area (TPSA) is 109 Å². The highest BCUT2D eigenvalue weighted by atomic mass is 32.2. The molecule has 0 atom stereocenters. The van der Waals surface area contributed by atoms with Crippen LogP contribution in [0.4, 0.5) is 5.69 Å². The molecule has 2 aromatic rings. The Balaban J connectivity index is 2.25. The number of benzene rings is 1. The van der Waals surface area contributed by atoms with Crippen LogP contribution < -0.4 is 4.72 Å². The maximum Gasteiger partial charge on any atom is 0.335 e. The van der Waals surface area contributed by atoms with Gasteiger partial charge in [0, 0.05) is 6.42 Å². The number of aromatic carboxylic acids is 1. The first kappa shape index (κ1) is 17.9. The normalized spacial score (nSPS) is 11.5. The molecule has 2 N–H and O–H groups in total. The molecule has 0 spiro atoms. The summed E-state index contributed by atoms with van der Waals surface area (Å²) in [6.07, 6.45) is 3.50. The van der Waals surface area contributed by atoms with Gasteiger partial charge in [0.25, 0.3) is 10.0 Å². The monoisotopic (exact) mass is 349 g/mol. The number of carboxylic acid groups (broad SMARTS) is 1. The number of anilines is 1. The zero-order valence-corrected chi connectivity index (χ0v) is 14.5. The summed E-state index contributed by atoms with van der Waals surface area (Å²) >= 11 is 0.